The van der Waals surface area contributed by atoms with Crippen molar-refractivity contribution >= 4 is 5.91 Å². The van der Waals surface area contributed by atoms with Gasteiger partial charge in [-0.25, -0.2) is 0 Å². The van der Waals surface area contributed by atoms with Crippen molar-refractivity contribution < 1.29 is 4.79 Å². The predicted molar refractivity (Wildman–Crippen MR) is 86.7 cm³/mol. The Morgan fingerprint density at radius 2 is 1.86 bits per heavy atom. The fourth-order valence-electron chi connectivity index (χ4n) is 3.18. The van der Waals surface area contributed by atoms with Gasteiger partial charge in [0.05, 0.1) is 0 Å². The summed E-state index contributed by atoms with van der Waals surface area (Å²) in [7, 11) is 0. The van der Waals surface area contributed by atoms with Gasteiger partial charge in [0, 0.05) is 13.1 Å². The molecule has 1 amide bonds. The minimum atomic E-state index is -0.530. The van der Waals surface area contributed by atoms with Crippen molar-refractivity contribution in [2.45, 2.75) is 46.1 Å². The minimum absolute atomic E-state index is 0.0655. The number of hydrogen-bond donors (Lipinski definition) is 1. The van der Waals surface area contributed by atoms with Crippen molar-refractivity contribution in [3.05, 3.63) is 35.9 Å². The summed E-state index contributed by atoms with van der Waals surface area (Å²) < 4.78 is 0. The predicted octanol–water partition coefficient (Wildman–Crippen LogP) is 3.36. The monoisotopic (exact) mass is 288 g/mol. The standard InChI is InChI=1S/C18H28N2O/c1-18(2,3)15-10-7-12-20(13-11-15)17(21)16(19)14-8-5-4-6-9-14/h4-6,8-9,15-16H,7,10-13,19H2,1-3H3/t15?,16-/m1/s1. The molecule has 1 saturated heterocycles. The lowest BCUT2D eigenvalue weighted by Gasteiger charge is -2.30. The maximum absolute atomic E-state index is 12.6. The summed E-state index contributed by atoms with van der Waals surface area (Å²) >= 11 is 0. The van der Waals surface area contributed by atoms with E-state index in [-0.39, 0.29) is 5.91 Å². The molecule has 21 heavy (non-hydrogen) atoms. The molecule has 0 bridgehead atoms. The van der Waals surface area contributed by atoms with Crippen LogP contribution < -0.4 is 5.73 Å². The van der Waals surface area contributed by atoms with Crippen LogP contribution in [0.4, 0.5) is 0 Å². The average Bonchev–Trinajstić information content (AvgIpc) is 2.72. The zero-order valence-corrected chi connectivity index (χ0v) is 13.5. The molecule has 1 unspecified atom stereocenters. The summed E-state index contributed by atoms with van der Waals surface area (Å²) in [4.78, 5) is 14.6. The smallest absolute Gasteiger partial charge is 0.244 e. The fraction of sp³-hybridized carbons (Fsp3) is 0.611. The molecule has 1 aliphatic rings. The van der Waals surface area contributed by atoms with Crippen LogP contribution in [0.1, 0.15) is 51.6 Å². The van der Waals surface area contributed by atoms with Gasteiger partial charge in [0.1, 0.15) is 6.04 Å². The number of likely N-dealkylation sites (tertiary alicyclic amines) is 1. The Balaban J connectivity index is 2.00. The lowest BCUT2D eigenvalue weighted by molar-refractivity contribution is -0.132. The second-order valence-corrected chi connectivity index (χ2v) is 7.21. The molecule has 0 spiro atoms. The van der Waals surface area contributed by atoms with E-state index in [1.165, 1.54) is 6.42 Å². The zero-order valence-electron chi connectivity index (χ0n) is 13.5. The first kappa shape index (κ1) is 16.0. The number of nitrogens with zero attached hydrogens (tertiary/aromatic N) is 1. The van der Waals surface area contributed by atoms with Crippen LogP contribution in [-0.2, 0) is 4.79 Å². The molecule has 1 heterocycles. The largest absolute Gasteiger partial charge is 0.341 e. The third-order valence-electron chi connectivity index (χ3n) is 4.69. The molecule has 0 radical (unpaired) electrons. The third-order valence-corrected chi connectivity index (χ3v) is 4.69. The highest BCUT2D eigenvalue weighted by Gasteiger charge is 2.30. The van der Waals surface area contributed by atoms with E-state index in [1.54, 1.807) is 0 Å². The molecule has 3 nitrogen and oxygen atoms in total. The average molecular weight is 288 g/mol. The molecule has 0 aromatic heterocycles. The van der Waals surface area contributed by atoms with Crippen LogP contribution in [0.3, 0.4) is 0 Å². The summed E-state index contributed by atoms with van der Waals surface area (Å²) in [6.45, 7) is 8.56. The first-order chi connectivity index (χ1) is 9.89. The van der Waals surface area contributed by atoms with Crippen LogP contribution in [0.25, 0.3) is 0 Å². The van der Waals surface area contributed by atoms with E-state index in [0.717, 1.165) is 31.5 Å². The number of amides is 1. The SMILES string of the molecule is CC(C)(C)C1CCCN(C(=O)[C@H](N)c2ccccc2)CC1. The summed E-state index contributed by atoms with van der Waals surface area (Å²) in [5.41, 5.74) is 7.37. The van der Waals surface area contributed by atoms with E-state index in [0.29, 0.717) is 11.3 Å². The van der Waals surface area contributed by atoms with Gasteiger partial charge in [-0.3, -0.25) is 4.79 Å². The van der Waals surface area contributed by atoms with Crippen LogP contribution in [0.15, 0.2) is 30.3 Å². The molecule has 0 aliphatic carbocycles. The Bertz CT molecular complexity index is 464. The molecule has 1 aromatic carbocycles. The van der Waals surface area contributed by atoms with E-state index < -0.39 is 6.04 Å². The lowest BCUT2D eigenvalue weighted by Crippen LogP contribution is -2.39. The number of nitrogens with two attached hydrogens (primary N) is 1. The van der Waals surface area contributed by atoms with Crippen LogP contribution >= 0.6 is 0 Å². The Morgan fingerprint density at radius 3 is 2.48 bits per heavy atom. The lowest BCUT2D eigenvalue weighted by atomic mass is 9.77. The maximum atomic E-state index is 12.6. The van der Waals surface area contributed by atoms with Gasteiger partial charge in [0.2, 0.25) is 5.91 Å². The van der Waals surface area contributed by atoms with E-state index in [2.05, 4.69) is 20.8 Å². The Morgan fingerprint density at radius 1 is 1.19 bits per heavy atom. The summed E-state index contributed by atoms with van der Waals surface area (Å²) in [6.07, 6.45) is 3.36. The van der Waals surface area contributed by atoms with Gasteiger partial charge in [-0.1, -0.05) is 51.1 Å². The summed E-state index contributed by atoms with van der Waals surface area (Å²) in [5.74, 6) is 0.749. The van der Waals surface area contributed by atoms with Crippen molar-refractivity contribution in [2.75, 3.05) is 13.1 Å². The van der Waals surface area contributed by atoms with E-state index in [1.807, 2.05) is 35.2 Å². The minimum Gasteiger partial charge on any atom is -0.341 e. The highest BCUT2D eigenvalue weighted by molar-refractivity contribution is 5.83. The Labute approximate surface area is 128 Å². The molecular formula is C18H28N2O. The molecule has 1 fully saturated rings. The molecule has 1 aliphatic heterocycles. The number of benzene rings is 1. The fourth-order valence-corrected chi connectivity index (χ4v) is 3.18. The number of rotatable bonds is 2. The summed E-state index contributed by atoms with van der Waals surface area (Å²) in [5, 5.41) is 0. The van der Waals surface area contributed by atoms with Crippen LogP contribution in [-0.4, -0.2) is 23.9 Å². The van der Waals surface area contributed by atoms with E-state index in [9.17, 15) is 4.79 Å². The highest BCUT2D eigenvalue weighted by atomic mass is 16.2. The quantitative estimate of drug-likeness (QED) is 0.907. The first-order valence-electron chi connectivity index (χ1n) is 7.99. The van der Waals surface area contributed by atoms with Crippen molar-refractivity contribution in [3.63, 3.8) is 0 Å². The number of carbonyl (C=O) groups is 1. The first-order valence-corrected chi connectivity index (χ1v) is 7.99. The molecule has 116 valence electrons. The third kappa shape index (κ3) is 4.07. The van der Waals surface area contributed by atoms with Gasteiger partial charge < -0.3 is 10.6 Å². The highest BCUT2D eigenvalue weighted by Crippen LogP contribution is 2.34. The van der Waals surface area contributed by atoms with Crippen LogP contribution in [0.5, 0.6) is 0 Å². The molecule has 3 heteroatoms. The van der Waals surface area contributed by atoms with Gasteiger partial charge in [-0.05, 0) is 36.2 Å². The Kier molecular flexibility index (Phi) is 5.04. The van der Waals surface area contributed by atoms with Crippen molar-refractivity contribution in [1.29, 1.82) is 0 Å². The van der Waals surface area contributed by atoms with Crippen LogP contribution in [0, 0.1) is 11.3 Å². The van der Waals surface area contributed by atoms with E-state index >= 15 is 0 Å². The molecule has 2 N–H and O–H groups in total. The van der Waals surface area contributed by atoms with Crippen LogP contribution in [0.2, 0.25) is 0 Å². The number of hydrogen-bond acceptors (Lipinski definition) is 2. The topological polar surface area (TPSA) is 46.3 Å². The van der Waals surface area contributed by atoms with Gasteiger partial charge in [0.25, 0.3) is 0 Å². The molecule has 1 aromatic rings. The number of carbonyl (C=O) groups excluding carboxylic acids is 1. The second-order valence-electron chi connectivity index (χ2n) is 7.21. The van der Waals surface area contributed by atoms with Crippen molar-refractivity contribution in [3.8, 4) is 0 Å². The van der Waals surface area contributed by atoms with Gasteiger partial charge in [0.15, 0.2) is 0 Å². The maximum Gasteiger partial charge on any atom is 0.244 e. The second kappa shape index (κ2) is 6.61. The normalized spacial score (nSPS) is 21.7. The Hall–Kier alpha value is -1.35. The molecule has 2 atom stereocenters. The molecule has 2 rings (SSSR count). The van der Waals surface area contributed by atoms with Gasteiger partial charge >= 0.3 is 0 Å². The molecular weight excluding hydrogens is 260 g/mol. The summed E-state index contributed by atoms with van der Waals surface area (Å²) in [6, 6.07) is 9.13. The van der Waals surface area contributed by atoms with Gasteiger partial charge in [-0.2, -0.15) is 0 Å². The van der Waals surface area contributed by atoms with Crippen molar-refractivity contribution in [2.24, 2.45) is 17.1 Å². The van der Waals surface area contributed by atoms with Crippen molar-refractivity contribution in [1.82, 2.24) is 4.90 Å². The van der Waals surface area contributed by atoms with E-state index in [4.69, 9.17) is 5.73 Å². The zero-order chi connectivity index (χ0) is 15.5. The molecule has 0 saturated carbocycles. The van der Waals surface area contributed by atoms with Gasteiger partial charge in [-0.15, -0.1) is 0 Å².